The van der Waals surface area contributed by atoms with Gasteiger partial charge in [0.25, 0.3) is 5.91 Å². The number of amides is 1. The molecule has 0 spiro atoms. The average Bonchev–Trinajstić information content (AvgIpc) is 3.30. The molecular formula is C17H16FNO. The van der Waals surface area contributed by atoms with Crippen LogP contribution in [0.3, 0.4) is 0 Å². The first kappa shape index (κ1) is 12.9. The van der Waals surface area contributed by atoms with Crippen LogP contribution >= 0.6 is 0 Å². The summed E-state index contributed by atoms with van der Waals surface area (Å²) < 4.78 is 13.8. The number of carbonyl (C=O) groups excluding carboxylic acids is 1. The standard InChI is InChI=1S/C17H16FNO/c18-16-9-5-4-8-15(16)17(20)19(14-10-11-14)12-13-6-2-1-3-7-13/h1-9,14H,10-12H2. The Hall–Kier alpha value is -2.16. The summed E-state index contributed by atoms with van der Waals surface area (Å²) in [5, 5.41) is 0. The Morgan fingerprint density at radius 2 is 1.70 bits per heavy atom. The zero-order valence-corrected chi connectivity index (χ0v) is 11.1. The molecular weight excluding hydrogens is 253 g/mol. The fourth-order valence-corrected chi connectivity index (χ4v) is 2.32. The number of hydrogen-bond donors (Lipinski definition) is 0. The summed E-state index contributed by atoms with van der Waals surface area (Å²) in [7, 11) is 0. The summed E-state index contributed by atoms with van der Waals surface area (Å²) in [5.41, 5.74) is 1.24. The van der Waals surface area contributed by atoms with Crippen LogP contribution in [0.4, 0.5) is 4.39 Å². The van der Waals surface area contributed by atoms with E-state index in [1.807, 2.05) is 30.3 Å². The van der Waals surface area contributed by atoms with Gasteiger partial charge < -0.3 is 4.90 Å². The van der Waals surface area contributed by atoms with Crippen LogP contribution in [-0.2, 0) is 6.54 Å². The predicted octanol–water partition coefficient (Wildman–Crippen LogP) is 3.63. The minimum atomic E-state index is -0.448. The lowest BCUT2D eigenvalue weighted by molar-refractivity contribution is 0.0725. The molecule has 1 saturated carbocycles. The molecule has 0 saturated heterocycles. The highest BCUT2D eigenvalue weighted by Gasteiger charge is 2.33. The van der Waals surface area contributed by atoms with E-state index in [9.17, 15) is 9.18 Å². The molecule has 1 fully saturated rings. The molecule has 0 atom stereocenters. The smallest absolute Gasteiger partial charge is 0.257 e. The molecule has 1 aliphatic rings. The van der Waals surface area contributed by atoms with Crippen LogP contribution in [0.2, 0.25) is 0 Å². The van der Waals surface area contributed by atoms with Crippen molar-refractivity contribution in [1.29, 1.82) is 0 Å². The third-order valence-corrected chi connectivity index (χ3v) is 3.55. The predicted molar refractivity (Wildman–Crippen MR) is 75.7 cm³/mol. The van der Waals surface area contributed by atoms with E-state index in [0.29, 0.717) is 6.54 Å². The Morgan fingerprint density at radius 1 is 1.05 bits per heavy atom. The molecule has 2 aromatic carbocycles. The first-order chi connectivity index (χ1) is 9.75. The summed E-state index contributed by atoms with van der Waals surface area (Å²) in [6, 6.07) is 16.3. The van der Waals surface area contributed by atoms with Crippen molar-refractivity contribution in [3.63, 3.8) is 0 Å². The highest BCUT2D eigenvalue weighted by atomic mass is 19.1. The normalized spacial score (nSPS) is 14.1. The number of rotatable bonds is 4. The Morgan fingerprint density at radius 3 is 2.35 bits per heavy atom. The van der Waals surface area contributed by atoms with E-state index in [0.717, 1.165) is 18.4 Å². The molecule has 0 radical (unpaired) electrons. The van der Waals surface area contributed by atoms with Crippen LogP contribution in [0.1, 0.15) is 28.8 Å². The minimum Gasteiger partial charge on any atom is -0.331 e. The maximum atomic E-state index is 13.8. The van der Waals surface area contributed by atoms with Crippen LogP contribution in [0.5, 0.6) is 0 Å². The fraction of sp³-hybridized carbons (Fsp3) is 0.235. The zero-order chi connectivity index (χ0) is 13.9. The molecule has 0 unspecified atom stereocenters. The number of nitrogens with zero attached hydrogens (tertiary/aromatic N) is 1. The molecule has 0 N–H and O–H groups in total. The van der Waals surface area contributed by atoms with Gasteiger partial charge in [0.15, 0.2) is 0 Å². The van der Waals surface area contributed by atoms with Gasteiger partial charge in [-0.25, -0.2) is 4.39 Å². The van der Waals surface area contributed by atoms with Crippen LogP contribution < -0.4 is 0 Å². The Kier molecular flexibility index (Phi) is 3.50. The van der Waals surface area contributed by atoms with Gasteiger partial charge >= 0.3 is 0 Å². The van der Waals surface area contributed by atoms with Crippen LogP contribution in [0.15, 0.2) is 54.6 Å². The third-order valence-electron chi connectivity index (χ3n) is 3.55. The van der Waals surface area contributed by atoms with Crippen molar-refractivity contribution in [2.24, 2.45) is 0 Å². The van der Waals surface area contributed by atoms with Gasteiger partial charge in [-0.1, -0.05) is 42.5 Å². The molecule has 3 rings (SSSR count). The van der Waals surface area contributed by atoms with Gasteiger partial charge in [-0.2, -0.15) is 0 Å². The van der Waals surface area contributed by atoms with E-state index in [-0.39, 0.29) is 17.5 Å². The van der Waals surface area contributed by atoms with E-state index >= 15 is 0 Å². The van der Waals surface area contributed by atoms with Gasteiger partial charge in [-0.05, 0) is 30.5 Å². The largest absolute Gasteiger partial charge is 0.331 e. The van der Waals surface area contributed by atoms with Crippen LogP contribution in [-0.4, -0.2) is 16.8 Å². The second-order valence-corrected chi connectivity index (χ2v) is 5.13. The van der Waals surface area contributed by atoms with E-state index in [1.54, 1.807) is 23.1 Å². The second-order valence-electron chi connectivity index (χ2n) is 5.13. The van der Waals surface area contributed by atoms with Crippen molar-refractivity contribution >= 4 is 5.91 Å². The molecule has 20 heavy (non-hydrogen) atoms. The fourth-order valence-electron chi connectivity index (χ4n) is 2.32. The van der Waals surface area contributed by atoms with Crippen LogP contribution in [0.25, 0.3) is 0 Å². The maximum Gasteiger partial charge on any atom is 0.257 e. The Bertz CT molecular complexity index is 607. The number of halogens is 1. The van der Waals surface area contributed by atoms with Crippen molar-refractivity contribution in [1.82, 2.24) is 4.90 Å². The zero-order valence-electron chi connectivity index (χ0n) is 11.1. The van der Waals surface area contributed by atoms with Crippen molar-refractivity contribution in [2.45, 2.75) is 25.4 Å². The highest BCUT2D eigenvalue weighted by molar-refractivity contribution is 5.94. The van der Waals surface area contributed by atoms with Crippen molar-refractivity contribution in [3.8, 4) is 0 Å². The summed E-state index contributed by atoms with van der Waals surface area (Å²) >= 11 is 0. The van der Waals surface area contributed by atoms with Crippen molar-refractivity contribution in [3.05, 3.63) is 71.5 Å². The SMILES string of the molecule is O=C(c1ccccc1F)N(Cc1ccccc1)C1CC1. The monoisotopic (exact) mass is 269 g/mol. The first-order valence-electron chi connectivity index (χ1n) is 6.85. The lowest BCUT2D eigenvalue weighted by Gasteiger charge is -2.23. The molecule has 3 heteroatoms. The van der Waals surface area contributed by atoms with Gasteiger partial charge in [-0.3, -0.25) is 4.79 Å². The van der Waals surface area contributed by atoms with Crippen molar-refractivity contribution < 1.29 is 9.18 Å². The maximum absolute atomic E-state index is 13.8. The molecule has 0 heterocycles. The number of carbonyl (C=O) groups is 1. The summed E-state index contributed by atoms with van der Waals surface area (Å²) in [6.45, 7) is 0.540. The van der Waals surface area contributed by atoms with Gasteiger partial charge in [0.1, 0.15) is 5.82 Å². The minimum absolute atomic E-state index is 0.162. The van der Waals surface area contributed by atoms with Gasteiger partial charge in [0.05, 0.1) is 5.56 Å². The summed E-state index contributed by atoms with van der Waals surface area (Å²) in [4.78, 5) is 14.3. The quantitative estimate of drug-likeness (QED) is 0.830. The van der Waals surface area contributed by atoms with Crippen LogP contribution in [0, 0.1) is 5.82 Å². The Balaban J connectivity index is 1.84. The van der Waals surface area contributed by atoms with Gasteiger partial charge in [0, 0.05) is 12.6 Å². The van der Waals surface area contributed by atoms with Gasteiger partial charge in [0.2, 0.25) is 0 Å². The summed E-state index contributed by atoms with van der Waals surface area (Å²) in [5.74, 6) is -0.661. The molecule has 0 aliphatic heterocycles. The van der Waals surface area contributed by atoms with E-state index in [1.165, 1.54) is 6.07 Å². The van der Waals surface area contributed by atoms with Gasteiger partial charge in [-0.15, -0.1) is 0 Å². The molecule has 102 valence electrons. The lowest BCUT2D eigenvalue weighted by atomic mass is 10.1. The third kappa shape index (κ3) is 2.72. The van der Waals surface area contributed by atoms with E-state index in [4.69, 9.17) is 0 Å². The Labute approximate surface area is 117 Å². The van der Waals surface area contributed by atoms with Crippen molar-refractivity contribution in [2.75, 3.05) is 0 Å². The second kappa shape index (κ2) is 5.45. The molecule has 0 bridgehead atoms. The lowest BCUT2D eigenvalue weighted by Crippen LogP contribution is -2.33. The molecule has 2 nitrogen and oxygen atoms in total. The first-order valence-corrected chi connectivity index (χ1v) is 6.85. The average molecular weight is 269 g/mol. The van der Waals surface area contributed by atoms with E-state index < -0.39 is 5.82 Å². The topological polar surface area (TPSA) is 20.3 Å². The number of hydrogen-bond acceptors (Lipinski definition) is 1. The number of benzene rings is 2. The highest BCUT2D eigenvalue weighted by Crippen LogP contribution is 2.30. The molecule has 2 aromatic rings. The molecule has 1 aliphatic carbocycles. The molecule has 1 amide bonds. The molecule has 0 aromatic heterocycles. The van der Waals surface area contributed by atoms with E-state index in [2.05, 4.69) is 0 Å². The summed E-state index contributed by atoms with van der Waals surface area (Å²) in [6.07, 6.45) is 2.01.